The predicted octanol–water partition coefficient (Wildman–Crippen LogP) is -1.33. The third-order valence-corrected chi connectivity index (χ3v) is 2.40. The van der Waals surface area contributed by atoms with E-state index in [0.717, 1.165) is 5.01 Å². The van der Waals surface area contributed by atoms with Gasteiger partial charge in [0, 0.05) is 7.05 Å². The van der Waals surface area contributed by atoms with E-state index in [-0.39, 0.29) is 5.91 Å². The van der Waals surface area contributed by atoms with Gasteiger partial charge in [0.2, 0.25) is 0 Å². The molecule has 0 radical (unpaired) electrons. The zero-order valence-corrected chi connectivity index (χ0v) is 7.39. The number of hydrogen-bond donors (Lipinski definition) is 2. The third kappa shape index (κ3) is 0.956. The Balaban J connectivity index is 2.28. The molecule has 2 aliphatic heterocycles. The second-order valence-electron chi connectivity index (χ2n) is 3.13. The Kier molecular flexibility index (Phi) is 1.74. The Morgan fingerprint density at radius 1 is 1.69 bits per heavy atom. The lowest BCUT2D eigenvalue weighted by atomic mass is 10.0. The van der Waals surface area contributed by atoms with Gasteiger partial charge in [-0.15, -0.1) is 0 Å². The van der Waals surface area contributed by atoms with E-state index < -0.39 is 18.2 Å². The van der Waals surface area contributed by atoms with Crippen molar-refractivity contribution in [1.29, 1.82) is 0 Å². The average molecular weight is 185 g/mol. The maximum atomic E-state index is 11.6. The van der Waals surface area contributed by atoms with Gasteiger partial charge in [0.15, 0.2) is 12.3 Å². The maximum Gasteiger partial charge on any atom is 0.252 e. The summed E-state index contributed by atoms with van der Waals surface area (Å²) in [5.41, 5.74) is 3.23. The van der Waals surface area contributed by atoms with Gasteiger partial charge in [-0.25, -0.2) is 10.4 Å². The van der Waals surface area contributed by atoms with Crippen LogP contribution < -0.4 is 5.43 Å². The fourth-order valence-corrected chi connectivity index (χ4v) is 1.71. The molecule has 0 aromatic rings. The van der Waals surface area contributed by atoms with Crippen molar-refractivity contribution in [3.8, 4) is 0 Å². The first-order chi connectivity index (χ1) is 6.16. The van der Waals surface area contributed by atoms with Crippen molar-refractivity contribution in [3.63, 3.8) is 0 Å². The number of aliphatic hydroxyl groups excluding tert-OH is 1. The van der Waals surface area contributed by atoms with Crippen LogP contribution >= 0.6 is 0 Å². The van der Waals surface area contributed by atoms with Crippen LogP contribution in [0.15, 0.2) is 5.16 Å². The first-order valence-corrected chi connectivity index (χ1v) is 4.05. The highest BCUT2D eigenvalue weighted by Gasteiger charge is 2.53. The zero-order valence-electron chi connectivity index (χ0n) is 7.39. The molecular formula is C7H11N3O3. The van der Waals surface area contributed by atoms with Crippen LogP contribution in [0.4, 0.5) is 0 Å². The van der Waals surface area contributed by atoms with Crippen molar-refractivity contribution < 1.29 is 14.7 Å². The minimum Gasteiger partial charge on any atom is -0.386 e. The van der Waals surface area contributed by atoms with Crippen LogP contribution in [-0.4, -0.2) is 41.1 Å². The number of oxime groups is 1. The van der Waals surface area contributed by atoms with Crippen LogP contribution in [0.2, 0.25) is 0 Å². The maximum absolute atomic E-state index is 11.6. The molecule has 6 heteroatoms. The lowest BCUT2D eigenvalue weighted by Gasteiger charge is -2.19. The minimum atomic E-state index is -0.955. The summed E-state index contributed by atoms with van der Waals surface area (Å²) < 4.78 is 0. The summed E-state index contributed by atoms with van der Waals surface area (Å²) in [5.74, 6) is -0.624. The first-order valence-electron chi connectivity index (χ1n) is 4.05. The lowest BCUT2D eigenvalue weighted by Crippen LogP contribution is -2.45. The van der Waals surface area contributed by atoms with Crippen molar-refractivity contribution in [2.75, 3.05) is 7.05 Å². The van der Waals surface area contributed by atoms with Crippen molar-refractivity contribution in [3.05, 3.63) is 0 Å². The molecule has 6 nitrogen and oxygen atoms in total. The molecule has 2 heterocycles. The van der Waals surface area contributed by atoms with E-state index in [1.807, 2.05) is 0 Å². The molecule has 0 saturated carbocycles. The number of nitrogens with one attached hydrogen (secondary N) is 1. The largest absolute Gasteiger partial charge is 0.386 e. The molecule has 0 aromatic carbocycles. The summed E-state index contributed by atoms with van der Waals surface area (Å²) in [7, 11) is 1.58. The van der Waals surface area contributed by atoms with Crippen LogP contribution in [0.1, 0.15) is 6.92 Å². The number of nitrogens with zero attached hydrogens (tertiary/aromatic N) is 2. The smallest absolute Gasteiger partial charge is 0.252 e. The van der Waals surface area contributed by atoms with Gasteiger partial charge in [0.25, 0.3) is 5.91 Å². The third-order valence-electron chi connectivity index (χ3n) is 2.40. The zero-order chi connectivity index (χ0) is 9.59. The van der Waals surface area contributed by atoms with E-state index in [0.29, 0.717) is 5.71 Å². The van der Waals surface area contributed by atoms with E-state index in [4.69, 9.17) is 4.84 Å². The predicted molar refractivity (Wildman–Crippen MR) is 43.4 cm³/mol. The SMILES string of the molecule is CNN1C(=O)[C@H]2C(C)=NO[C@H]2[C@@H]1O. The van der Waals surface area contributed by atoms with Gasteiger partial charge in [-0.2, -0.15) is 0 Å². The number of fused-ring (bicyclic) bond motifs is 1. The van der Waals surface area contributed by atoms with Crippen molar-refractivity contribution in [1.82, 2.24) is 10.4 Å². The number of amides is 1. The van der Waals surface area contributed by atoms with Crippen LogP contribution in [0.5, 0.6) is 0 Å². The first kappa shape index (κ1) is 8.46. The summed E-state index contributed by atoms with van der Waals surface area (Å²) in [4.78, 5) is 16.5. The lowest BCUT2D eigenvalue weighted by molar-refractivity contribution is -0.140. The van der Waals surface area contributed by atoms with Crippen LogP contribution in [0.3, 0.4) is 0 Å². The molecule has 0 unspecified atom stereocenters. The summed E-state index contributed by atoms with van der Waals surface area (Å²) in [6.07, 6.45) is -1.51. The quantitative estimate of drug-likeness (QED) is 0.531. The Morgan fingerprint density at radius 3 is 2.92 bits per heavy atom. The highest BCUT2D eigenvalue weighted by Crippen LogP contribution is 2.30. The van der Waals surface area contributed by atoms with Crippen LogP contribution in [-0.2, 0) is 9.63 Å². The average Bonchev–Trinajstić information content (AvgIpc) is 2.57. The molecule has 1 fully saturated rings. The Labute approximate surface area is 75.1 Å². The fourth-order valence-electron chi connectivity index (χ4n) is 1.71. The molecule has 0 spiro atoms. The number of carbonyl (C=O) groups is 1. The van der Waals surface area contributed by atoms with Crippen molar-refractivity contribution >= 4 is 11.6 Å². The van der Waals surface area contributed by atoms with E-state index in [2.05, 4.69) is 10.6 Å². The molecule has 2 rings (SSSR count). The Morgan fingerprint density at radius 2 is 2.38 bits per heavy atom. The highest BCUT2D eigenvalue weighted by molar-refractivity contribution is 6.05. The van der Waals surface area contributed by atoms with Gasteiger partial charge >= 0.3 is 0 Å². The normalized spacial score (nSPS) is 37.5. The second-order valence-corrected chi connectivity index (χ2v) is 3.13. The molecule has 0 aliphatic carbocycles. The molecule has 3 atom stereocenters. The highest BCUT2D eigenvalue weighted by atomic mass is 16.7. The van der Waals surface area contributed by atoms with Crippen molar-refractivity contribution in [2.24, 2.45) is 11.1 Å². The summed E-state index contributed by atoms with van der Waals surface area (Å²) in [6.45, 7) is 1.72. The molecule has 1 amide bonds. The fraction of sp³-hybridized carbons (Fsp3) is 0.714. The molecule has 0 bridgehead atoms. The molecule has 2 N–H and O–H groups in total. The topological polar surface area (TPSA) is 74.2 Å². The molecule has 72 valence electrons. The molecule has 13 heavy (non-hydrogen) atoms. The number of rotatable bonds is 1. The summed E-state index contributed by atoms with van der Waals surface area (Å²) in [5, 5.41) is 14.4. The molecule has 0 aromatic heterocycles. The van der Waals surface area contributed by atoms with Gasteiger partial charge in [-0.3, -0.25) is 4.79 Å². The minimum absolute atomic E-state index is 0.196. The summed E-state index contributed by atoms with van der Waals surface area (Å²) in [6, 6.07) is 0. The van der Waals surface area contributed by atoms with E-state index in [1.165, 1.54) is 0 Å². The van der Waals surface area contributed by atoms with E-state index in [9.17, 15) is 9.90 Å². The molecule has 1 saturated heterocycles. The van der Waals surface area contributed by atoms with E-state index in [1.54, 1.807) is 14.0 Å². The Hall–Kier alpha value is -1.14. The van der Waals surface area contributed by atoms with Gasteiger partial charge in [0.1, 0.15) is 5.92 Å². The monoisotopic (exact) mass is 185 g/mol. The van der Waals surface area contributed by atoms with Gasteiger partial charge in [0.05, 0.1) is 5.71 Å². The molecular weight excluding hydrogens is 174 g/mol. The number of hydrazine groups is 1. The van der Waals surface area contributed by atoms with Crippen molar-refractivity contribution in [2.45, 2.75) is 19.3 Å². The van der Waals surface area contributed by atoms with Gasteiger partial charge in [-0.05, 0) is 6.92 Å². The molecule has 2 aliphatic rings. The Bertz CT molecular complexity index is 278. The number of hydrogen-bond acceptors (Lipinski definition) is 5. The number of carbonyl (C=O) groups excluding carboxylic acids is 1. The van der Waals surface area contributed by atoms with E-state index >= 15 is 0 Å². The second kappa shape index (κ2) is 2.68. The number of aliphatic hydroxyl groups is 1. The standard InChI is InChI=1S/C7H11N3O3/c1-3-4-5(13-9-3)7(12)10(8-2)6(4)11/h4-5,7-8,12H,1-2H3/t4-,5+,7-/m0/s1. The summed E-state index contributed by atoms with van der Waals surface area (Å²) >= 11 is 0. The van der Waals surface area contributed by atoms with Gasteiger partial charge < -0.3 is 9.94 Å². The van der Waals surface area contributed by atoms with Crippen LogP contribution in [0, 0.1) is 5.92 Å². The van der Waals surface area contributed by atoms with Gasteiger partial charge in [-0.1, -0.05) is 5.16 Å². The van der Waals surface area contributed by atoms with Crippen LogP contribution in [0.25, 0.3) is 0 Å².